The average molecular weight is 263 g/mol. The molecule has 0 aliphatic heterocycles. The van der Waals surface area contributed by atoms with E-state index in [1.165, 1.54) is 0 Å². The topological polar surface area (TPSA) is 49.8 Å². The van der Waals surface area contributed by atoms with Gasteiger partial charge in [0, 0.05) is 26.3 Å². The normalized spacial score (nSPS) is 21.8. The summed E-state index contributed by atoms with van der Waals surface area (Å²) in [5.41, 5.74) is 1.76. The molecule has 4 heteroatoms. The van der Waals surface area contributed by atoms with Gasteiger partial charge in [-0.1, -0.05) is 12.1 Å². The molecule has 0 saturated heterocycles. The van der Waals surface area contributed by atoms with E-state index < -0.39 is 0 Å². The van der Waals surface area contributed by atoms with Crippen LogP contribution in [0.15, 0.2) is 24.3 Å². The van der Waals surface area contributed by atoms with Crippen molar-refractivity contribution in [1.82, 2.24) is 4.90 Å². The minimum absolute atomic E-state index is 0.0327. The zero-order valence-corrected chi connectivity index (χ0v) is 11.5. The maximum absolute atomic E-state index is 12.2. The van der Waals surface area contributed by atoms with E-state index in [2.05, 4.69) is 0 Å². The van der Waals surface area contributed by atoms with Crippen molar-refractivity contribution in [3.05, 3.63) is 35.4 Å². The van der Waals surface area contributed by atoms with Crippen molar-refractivity contribution in [1.29, 1.82) is 0 Å². The minimum atomic E-state index is -0.165. The van der Waals surface area contributed by atoms with Crippen LogP contribution in [0.4, 0.5) is 0 Å². The van der Waals surface area contributed by atoms with Crippen LogP contribution in [0.5, 0.6) is 0 Å². The molecule has 2 rings (SSSR count). The molecule has 0 bridgehead atoms. The Hall–Kier alpha value is -1.39. The third-order valence-electron chi connectivity index (χ3n) is 3.60. The van der Waals surface area contributed by atoms with Gasteiger partial charge in [0.25, 0.3) is 5.91 Å². The van der Waals surface area contributed by atoms with Gasteiger partial charge in [0.2, 0.25) is 0 Å². The molecule has 1 saturated carbocycles. The zero-order chi connectivity index (χ0) is 13.8. The highest BCUT2D eigenvalue weighted by atomic mass is 16.5. The SMILES string of the molecule is COCc1ccc(C(=O)N(C)CC2CC(O)C2)cc1. The standard InChI is InChI=1S/C15H21NO3/c1-16(9-12-7-14(17)8-12)15(18)13-5-3-11(4-6-13)10-19-2/h3-6,12,14,17H,7-10H2,1-2H3. The molecule has 0 atom stereocenters. The fourth-order valence-corrected chi connectivity index (χ4v) is 2.45. The second-order valence-corrected chi connectivity index (χ2v) is 5.31. The van der Waals surface area contributed by atoms with Crippen molar-refractivity contribution in [3.8, 4) is 0 Å². The van der Waals surface area contributed by atoms with Crippen LogP contribution >= 0.6 is 0 Å². The Morgan fingerprint density at radius 3 is 2.53 bits per heavy atom. The number of benzene rings is 1. The molecule has 0 spiro atoms. The zero-order valence-electron chi connectivity index (χ0n) is 11.5. The predicted octanol–water partition coefficient (Wildman–Crippen LogP) is 1.68. The van der Waals surface area contributed by atoms with Crippen LogP contribution < -0.4 is 0 Å². The largest absolute Gasteiger partial charge is 0.393 e. The molecule has 0 unspecified atom stereocenters. The van der Waals surface area contributed by atoms with E-state index in [9.17, 15) is 9.90 Å². The number of hydrogen-bond acceptors (Lipinski definition) is 3. The van der Waals surface area contributed by atoms with Crippen molar-refractivity contribution in [2.24, 2.45) is 5.92 Å². The molecular formula is C15H21NO3. The number of hydrogen-bond donors (Lipinski definition) is 1. The van der Waals surface area contributed by atoms with Gasteiger partial charge in [-0.05, 0) is 36.5 Å². The summed E-state index contributed by atoms with van der Waals surface area (Å²) in [7, 11) is 3.47. The Bertz CT molecular complexity index is 424. The summed E-state index contributed by atoms with van der Waals surface area (Å²) in [6.45, 7) is 1.28. The van der Waals surface area contributed by atoms with E-state index in [0.29, 0.717) is 18.1 Å². The highest BCUT2D eigenvalue weighted by Crippen LogP contribution is 2.27. The lowest BCUT2D eigenvalue weighted by atomic mass is 9.82. The Labute approximate surface area is 114 Å². The van der Waals surface area contributed by atoms with Crippen molar-refractivity contribution < 1.29 is 14.6 Å². The maximum Gasteiger partial charge on any atom is 0.253 e. The molecule has 104 valence electrons. The molecule has 0 radical (unpaired) electrons. The van der Waals surface area contributed by atoms with Gasteiger partial charge < -0.3 is 14.7 Å². The molecule has 19 heavy (non-hydrogen) atoms. The van der Waals surface area contributed by atoms with Gasteiger partial charge in [-0.2, -0.15) is 0 Å². The van der Waals surface area contributed by atoms with Gasteiger partial charge >= 0.3 is 0 Å². The molecule has 1 fully saturated rings. The van der Waals surface area contributed by atoms with Gasteiger partial charge in [0.1, 0.15) is 0 Å². The highest BCUT2D eigenvalue weighted by Gasteiger charge is 2.29. The number of amides is 1. The monoisotopic (exact) mass is 263 g/mol. The molecule has 1 aliphatic rings. The first-order valence-electron chi connectivity index (χ1n) is 6.61. The Morgan fingerprint density at radius 1 is 1.37 bits per heavy atom. The Balaban J connectivity index is 1.90. The number of carbonyl (C=O) groups excluding carboxylic acids is 1. The summed E-state index contributed by atoms with van der Waals surface area (Å²) >= 11 is 0. The number of rotatable bonds is 5. The number of carbonyl (C=O) groups is 1. The number of aliphatic hydroxyl groups excluding tert-OH is 1. The lowest BCUT2D eigenvalue weighted by Gasteiger charge is -2.34. The van der Waals surface area contributed by atoms with Gasteiger partial charge in [0.05, 0.1) is 12.7 Å². The Kier molecular flexibility index (Phi) is 4.56. The second-order valence-electron chi connectivity index (χ2n) is 5.31. The van der Waals surface area contributed by atoms with Crippen molar-refractivity contribution in [3.63, 3.8) is 0 Å². The summed E-state index contributed by atoms with van der Waals surface area (Å²) in [5, 5.41) is 9.25. The lowest BCUT2D eigenvalue weighted by molar-refractivity contribution is 0.0265. The van der Waals surface area contributed by atoms with Crippen LogP contribution in [0, 0.1) is 5.92 Å². The van der Waals surface area contributed by atoms with Crippen LogP contribution in [0.2, 0.25) is 0 Å². The second kappa shape index (κ2) is 6.17. The first-order chi connectivity index (χ1) is 9.10. The Morgan fingerprint density at radius 2 is 2.00 bits per heavy atom. The number of nitrogens with zero attached hydrogens (tertiary/aromatic N) is 1. The van der Waals surface area contributed by atoms with Crippen LogP contribution in [0.25, 0.3) is 0 Å². The van der Waals surface area contributed by atoms with E-state index in [4.69, 9.17) is 4.74 Å². The first-order valence-corrected chi connectivity index (χ1v) is 6.61. The summed E-state index contributed by atoms with van der Waals surface area (Å²) in [5.74, 6) is 0.474. The van der Waals surface area contributed by atoms with E-state index in [0.717, 1.165) is 24.9 Å². The lowest BCUT2D eigenvalue weighted by Crippen LogP contribution is -2.39. The molecule has 0 heterocycles. The summed E-state index contributed by atoms with van der Waals surface area (Å²) in [6, 6.07) is 7.50. The van der Waals surface area contributed by atoms with Crippen molar-refractivity contribution in [2.75, 3.05) is 20.7 Å². The van der Waals surface area contributed by atoms with E-state index in [1.54, 1.807) is 12.0 Å². The molecule has 1 aromatic rings. The molecule has 1 amide bonds. The van der Waals surface area contributed by atoms with Crippen LogP contribution in [0.3, 0.4) is 0 Å². The molecule has 4 nitrogen and oxygen atoms in total. The van der Waals surface area contributed by atoms with Gasteiger partial charge in [-0.25, -0.2) is 0 Å². The minimum Gasteiger partial charge on any atom is -0.393 e. The third-order valence-corrected chi connectivity index (χ3v) is 3.60. The van der Waals surface area contributed by atoms with E-state index in [1.807, 2.05) is 31.3 Å². The van der Waals surface area contributed by atoms with Crippen LogP contribution in [-0.4, -0.2) is 42.7 Å². The van der Waals surface area contributed by atoms with Crippen molar-refractivity contribution >= 4 is 5.91 Å². The number of ether oxygens (including phenoxy) is 1. The molecule has 0 aromatic heterocycles. The molecule has 1 N–H and O–H groups in total. The first kappa shape index (κ1) is 14.0. The predicted molar refractivity (Wildman–Crippen MR) is 72.8 cm³/mol. The van der Waals surface area contributed by atoms with Crippen LogP contribution in [-0.2, 0) is 11.3 Å². The van der Waals surface area contributed by atoms with E-state index >= 15 is 0 Å². The fourth-order valence-electron chi connectivity index (χ4n) is 2.45. The molecule has 1 aliphatic carbocycles. The van der Waals surface area contributed by atoms with E-state index in [-0.39, 0.29) is 12.0 Å². The highest BCUT2D eigenvalue weighted by molar-refractivity contribution is 5.94. The summed E-state index contributed by atoms with van der Waals surface area (Å²) in [6.07, 6.45) is 1.45. The van der Waals surface area contributed by atoms with Gasteiger partial charge in [-0.15, -0.1) is 0 Å². The smallest absolute Gasteiger partial charge is 0.253 e. The third kappa shape index (κ3) is 3.55. The fraction of sp³-hybridized carbons (Fsp3) is 0.533. The quantitative estimate of drug-likeness (QED) is 0.879. The average Bonchev–Trinajstić information content (AvgIpc) is 2.37. The summed E-state index contributed by atoms with van der Waals surface area (Å²) in [4.78, 5) is 13.9. The number of methoxy groups -OCH3 is 1. The molecule has 1 aromatic carbocycles. The summed E-state index contributed by atoms with van der Waals surface area (Å²) < 4.78 is 5.04. The van der Waals surface area contributed by atoms with Gasteiger partial charge in [-0.3, -0.25) is 4.79 Å². The number of aliphatic hydroxyl groups is 1. The van der Waals surface area contributed by atoms with Crippen LogP contribution in [0.1, 0.15) is 28.8 Å². The van der Waals surface area contributed by atoms with Gasteiger partial charge in [0.15, 0.2) is 0 Å². The maximum atomic E-state index is 12.2. The molecular weight excluding hydrogens is 242 g/mol. The van der Waals surface area contributed by atoms with Crippen molar-refractivity contribution in [2.45, 2.75) is 25.6 Å².